The number of ether oxygens (including phenoxy) is 1. The molecule has 6 nitrogen and oxygen atoms in total. The maximum absolute atomic E-state index is 13.2. The van der Waals surface area contributed by atoms with E-state index in [1.807, 2.05) is 45.0 Å². The van der Waals surface area contributed by atoms with Crippen LogP contribution in [0.5, 0.6) is 11.5 Å². The van der Waals surface area contributed by atoms with Crippen LogP contribution in [0.25, 0.3) is 0 Å². The van der Waals surface area contributed by atoms with Gasteiger partial charge in [0.25, 0.3) is 11.8 Å². The largest absolute Gasteiger partial charge is 0.457 e. The summed E-state index contributed by atoms with van der Waals surface area (Å²) < 4.78 is 5.83. The highest BCUT2D eigenvalue weighted by Gasteiger charge is 2.42. The zero-order valence-electron chi connectivity index (χ0n) is 18.9. The van der Waals surface area contributed by atoms with Crippen LogP contribution < -0.4 is 10.1 Å². The summed E-state index contributed by atoms with van der Waals surface area (Å²) in [6.07, 6.45) is 0.367. The third kappa shape index (κ3) is 4.80. The summed E-state index contributed by atoms with van der Waals surface area (Å²) in [5.41, 5.74) is 2.37. The van der Waals surface area contributed by atoms with Crippen molar-refractivity contribution < 1.29 is 19.1 Å². The van der Waals surface area contributed by atoms with E-state index in [4.69, 9.17) is 4.74 Å². The Morgan fingerprint density at radius 2 is 1.36 bits per heavy atom. The maximum Gasteiger partial charge on any atom is 0.262 e. The minimum atomic E-state index is -0.902. The molecule has 1 aliphatic heterocycles. The van der Waals surface area contributed by atoms with Crippen molar-refractivity contribution in [2.75, 3.05) is 5.32 Å². The molecule has 3 aromatic rings. The van der Waals surface area contributed by atoms with E-state index in [1.54, 1.807) is 48.5 Å². The van der Waals surface area contributed by atoms with Crippen molar-refractivity contribution in [1.82, 2.24) is 4.90 Å². The van der Waals surface area contributed by atoms with Gasteiger partial charge in [0.15, 0.2) is 0 Å². The Labute approximate surface area is 193 Å². The molecule has 0 bridgehead atoms. The predicted molar refractivity (Wildman–Crippen MR) is 127 cm³/mol. The quantitative estimate of drug-likeness (QED) is 0.495. The number of hydrogen-bond donors (Lipinski definition) is 1. The lowest BCUT2D eigenvalue weighted by Gasteiger charge is -2.26. The Kier molecular flexibility index (Phi) is 6.27. The summed E-state index contributed by atoms with van der Waals surface area (Å²) in [5.74, 6) is 0.202. The third-order valence-electron chi connectivity index (χ3n) is 5.51. The number of benzene rings is 3. The Hall–Kier alpha value is -3.93. The topological polar surface area (TPSA) is 75.7 Å². The molecule has 0 spiro atoms. The average molecular weight is 443 g/mol. The Balaban J connectivity index is 1.49. The average Bonchev–Trinajstić information content (AvgIpc) is 3.05. The van der Waals surface area contributed by atoms with Gasteiger partial charge in [-0.15, -0.1) is 0 Å². The second-order valence-electron chi connectivity index (χ2n) is 8.60. The molecule has 0 aliphatic carbocycles. The van der Waals surface area contributed by atoms with Crippen LogP contribution in [-0.4, -0.2) is 28.7 Å². The van der Waals surface area contributed by atoms with Crippen LogP contribution in [0.4, 0.5) is 5.69 Å². The molecule has 1 heterocycles. The van der Waals surface area contributed by atoms with Gasteiger partial charge in [0.2, 0.25) is 5.91 Å². The van der Waals surface area contributed by atoms with Crippen LogP contribution in [0, 0.1) is 12.8 Å². The van der Waals surface area contributed by atoms with E-state index in [-0.39, 0.29) is 5.92 Å². The maximum atomic E-state index is 13.2. The first kappa shape index (κ1) is 22.3. The van der Waals surface area contributed by atoms with E-state index in [9.17, 15) is 14.4 Å². The van der Waals surface area contributed by atoms with Crippen molar-refractivity contribution in [3.63, 3.8) is 0 Å². The number of carbonyl (C=O) groups excluding carboxylic acids is 3. The molecule has 3 amide bonds. The molecule has 33 heavy (non-hydrogen) atoms. The molecule has 0 saturated heterocycles. The fraction of sp³-hybridized carbons (Fsp3) is 0.222. The van der Waals surface area contributed by atoms with Gasteiger partial charge in [-0.2, -0.15) is 0 Å². The van der Waals surface area contributed by atoms with Crippen LogP contribution in [0.3, 0.4) is 0 Å². The van der Waals surface area contributed by atoms with E-state index >= 15 is 0 Å². The van der Waals surface area contributed by atoms with E-state index in [1.165, 1.54) is 0 Å². The minimum absolute atomic E-state index is 0.107. The number of aryl methyl sites for hydroxylation is 1. The molecule has 6 heteroatoms. The standard InChI is InChI=1S/C27H26N2O4/c1-17(2)16-24(29-26(31)22-6-4-5-7-23(22)27(29)32)25(30)28-19-10-14-21(15-11-19)33-20-12-8-18(3)9-13-20/h4-15,17,24H,16H2,1-3H3,(H,28,30)/t24-/m0/s1. The Bertz CT molecular complexity index is 1150. The number of nitrogens with one attached hydrogen (secondary N) is 1. The summed E-state index contributed by atoms with van der Waals surface area (Å²) >= 11 is 0. The van der Waals surface area contributed by atoms with E-state index < -0.39 is 23.8 Å². The monoisotopic (exact) mass is 442 g/mol. The first-order valence-corrected chi connectivity index (χ1v) is 11.0. The zero-order chi connectivity index (χ0) is 23.5. The van der Waals surface area contributed by atoms with Crippen molar-refractivity contribution in [2.45, 2.75) is 33.2 Å². The van der Waals surface area contributed by atoms with Crippen LogP contribution in [0.2, 0.25) is 0 Å². The van der Waals surface area contributed by atoms with Gasteiger partial charge in [-0.25, -0.2) is 0 Å². The lowest BCUT2D eigenvalue weighted by molar-refractivity contribution is -0.120. The molecule has 1 atom stereocenters. The second kappa shape index (κ2) is 9.28. The van der Waals surface area contributed by atoms with Crippen molar-refractivity contribution in [3.8, 4) is 11.5 Å². The summed E-state index contributed by atoms with van der Waals surface area (Å²) in [6, 6.07) is 20.5. The zero-order valence-corrected chi connectivity index (χ0v) is 18.9. The molecule has 4 rings (SSSR count). The minimum Gasteiger partial charge on any atom is -0.457 e. The van der Waals surface area contributed by atoms with Crippen LogP contribution >= 0.6 is 0 Å². The molecule has 0 fully saturated rings. The SMILES string of the molecule is Cc1ccc(Oc2ccc(NC(=O)[C@H](CC(C)C)N3C(=O)c4ccccc4C3=O)cc2)cc1. The number of nitrogens with zero attached hydrogens (tertiary/aromatic N) is 1. The highest BCUT2D eigenvalue weighted by Crippen LogP contribution is 2.28. The van der Waals surface area contributed by atoms with Gasteiger partial charge in [-0.05, 0) is 67.8 Å². The molecule has 1 N–H and O–H groups in total. The van der Waals surface area contributed by atoms with E-state index in [0.29, 0.717) is 29.0 Å². The van der Waals surface area contributed by atoms with Gasteiger partial charge in [0, 0.05) is 5.69 Å². The molecule has 0 aromatic heterocycles. The van der Waals surface area contributed by atoms with Gasteiger partial charge in [-0.3, -0.25) is 19.3 Å². The first-order valence-electron chi connectivity index (χ1n) is 11.0. The summed E-state index contributed by atoms with van der Waals surface area (Å²) in [7, 11) is 0. The van der Waals surface area contributed by atoms with Crippen molar-refractivity contribution >= 4 is 23.4 Å². The fourth-order valence-corrected chi connectivity index (χ4v) is 3.84. The number of carbonyl (C=O) groups is 3. The highest BCUT2D eigenvalue weighted by molar-refractivity contribution is 6.23. The predicted octanol–water partition coefficient (Wildman–Crippen LogP) is 5.44. The lowest BCUT2D eigenvalue weighted by Crippen LogP contribution is -2.47. The first-order chi connectivity index (χ1) is 15.8. The number of amides is 3. The molecule has 0 radical (unpaired) electrons. The summed E-state index contributed by atoms with van der Waals surface area (Å²) in [5, 5.41) is 2.85. The molecular formula is C27H26N2O4. The molecule has 3 aromatic carbocycles. The Morgan fingerprint density at radius 3 is 1.88 bits per heavy atom. The molecule has 0 saturated carbocycles. The van der Waals surface area contributed by atoms with Crippen LogP contribution in [0.15, 0.2) is 72.8 Å². The lowest BCUT2D eigenvalue weighted by atomic mass is 10.0. The third-order valence-corrected chi connectivity index (χ3v) is 5.51. The Morgan fingerprint density at radius 1 is 0.848 bits per heavy atom. The smallest absolute Gasteiger partial charge is 0.262 e. The molecule has 0 unspecified atom stereocenters. The van der Waals surface area contributed by atoms with Crippen molar-refractivity contribution in [2.24, 2.45) is 5.92 Å². The van der Waals surface area contributed by atoms with E-state index in [2.05, 4.69) is 5.32 Å². The van der Waals surface area contributed by atoms with Crippen LogP contribution in [0.1, 0.15) is 46.5 Å². The molecule has 168 valence electrons. The number of imide groups is 1. The second-order valence-corrected chi connectivity index (χ2v) is 8.60. The van der Waals surface area contributed by atoms with Gasteiger partial charge in [0.1, 0.15) is 17.5 Å². The van der Waals surface area contributed by atoms with Gasteiger partial charge < -0.3 is 10.1 Å². The number of hydrogen-bond acceptors (Lipinski definition) is 4. The number of rotatable bonds is 7. The van der Waals surface area contributed by atoms with Crippen LogP contribution in [-0.2, 0) is 4.79 Å². The highest BCUT2D eigenvalue weighted by atomic mass is 16.5. The summed E-state index contributed by atoms with van der Waals surface area (Å²) in [6.45, 7) is 5.92. The molecule has 1 aliphatic rings. The van der Waals surface area contributed by atoms with Crippen molar-refractivity contribution in [1.29, 1.82) is 0 Å². The fourth-order valence-electron chi connectivity index (χ4n) is 3.84. The summed E-state index contributed by atoms with van der Waals surface area (Å²) in [4.78, 5) is 40.2. The number of anilines is 1. The normalized spacial score (nSPS) is 13.8. The molecular weight excluding hydrogens is 416 g/mol. The van der Waals surface area contributed by atoms with Gasteiger partial charge in [0.05, 0.1) is 11.1 Å². The van der Waals surface area contributed by atoms with E-state index in [0.717, 1.165) is 16.2 Å². The van der Waals surface area contributed by atoms with Gasteiger partial charge >= 0.3 is 0 Å². The van der Waals surface area contributed by atoms with Crippen molar-refractivity contribution in [3.05, 3.63) is 89.5 Å². The van der Waals surface area contributed by atoms with Gasteiger partial charge in [-0.1, -0.05) is 43.7 Å². The number of fused-ring (bicyclic) bond motifs is 1.